The third kappa shape index (κ3) is 2.96. The molecular weight excluding hydrogens is 308 g/mol. The van der Waals surface area contributed by atoms with Gasteiger partial charge in [0.1, 0.15) is 11.6 Å². The molecule has 1 fully saturated rings. The molecule has 1 aliphatic heterocycles. The Morgan fingerprint density at radius 2 is 1.96 bits per heavy atom. The van der Waals surface area contributed by atoms with Gasteiger partial charge >= 0.3 is 12.1 Å². The molecule has 3 rings (SSSR count). The van der Waals surface area contributed by atoms with Gasteiger partial charge in [0.25, 0.3) is 0 Å². The van der Waals surface area contributed by atoms with Gasteiger partial charge in [0.05, 0.1) is 6.04 Å². The molecule has 1 aromatic carbocycles. The molecule has 6 nitrogen and oxygen atoms in total. The van der Waals surface area contributed by atoms with Crippen molar-refractivity contribution in [3.63, 3.8) is 0 Å². The number of likely N-dealkylation sites (tertiary alicyclic amines) is 1. The quantitative estimate of drug-likeness (QED) is 0.879. The average molecular weight is 330 g/mol. The van der Waals surface area contributed by atoms with E-state index in [0.29, 0.717) is 12.8 Å². The summed E-state index contributed by atoms with van der Waals surface area (Å²) >= 11 is 0. The van der Waals surface area contributed by atoms with Gasteiger partial charge in [0.2, 0.25) is 0 Å². The number of amides is 1. The van der Waals surface area contributed by atoms with Crippen LogP contribution in [0.4, 0.5) is 4.79 Å². The van der Waals surface area contributed by atoms with Crippen LogP contribution in [0.25, 0.3) is 10.9 Å². The first-order valence-corrected chi connectivity index (χ1v) is 8.08. The molecule has 2 aromatic rings. The molecule has 0 bridgehead atoms. The lowest BCUT2D eigenvalue weighted by Crippen LogP contribution is -2.44. The summed E-state index contributed by atoms with van der Waals surface area (Å²) in [6.07, 6.45) is 2.29. The van der Waals surface area contributed by atoms with E-state index in [1.807, 2.05) is 30.5 Å². The van der Waals surface area contributed by atoms with Crippen LogP contribution in [0.3, 0.4) is 0 Å². The summed E-state index contributed by atoms with van der Waals surface area (Å²) in [7, 11) is 0. The van der Waals surface area contributed by atoms with Gasteiger partial charge in [0.15, 0.2) is 0 Å². The van der Waals surface area contributed by atoms with E-state index in [1.165, 1.54) is 4.90 Å². The molecular formula is C18H22N2O4. The fraction of sp³-hybridized carbons (Fsp3) is 0.444. The zero-order valence-electron chi connectivity index (χ0n) is 14.1. The minimum atomic E-state index is -0.997. The third-order valence-corrected chi connectivity index (χ3v) is 4.25. The molecule has 6 heteroatoms. The number of carboxylic acids is 1. The molecule has 1 aromatic heterocycles. The van der Waals surface area contributed by atoms with E-state index in [1.54, 1.807) is 20.8 Å². The van der Waals surface area contributed by atoms with Crippen molar-refractivity contribution in [2.24, 2.45) is 0 Å². The molecule has 0 unspecified atom stereocenters. The zero-order valence-corrected chi connectivity index (χ0v) is 14.1. The lowest BCUT2D eigenvalue weighted by Gasteiger charge is -2.31. The molecule has 1 amide bonds. The molecule has 0 radical (unpaired) electrons. The molecule has 2 heterocycles. The SMILES string of the molecule is CC(C)(C)OC(=O)N1[C@H](C(=O)O)CC[C@H]1c1c[nH]c2ccccc12. The summed E-state index contributed by atoms with van der Waals surface area (Å²) in [5.74, 6) is -0.997. The van der Waals surface area contributed by atoms with Crippen LogP contribution in [-0.2, 0) is 9.53 Å². The number of aliphatic carboxylic acids is 1. The number of rotatable bonds is 2. The number of H-pyrrole nitrogens is 1. The van der Waals surface area contributed by atoms with Gasteiger partial charge in [-0.05, 0) is 39.7 Å². The Hall–Kier alpha value is -2.50. The monoisotopic (exact) mass is 330 g/mol. The van der Waals surface area contributed by atoms with Crippen LogP contribution in [0.2, 0.25) is 0 Å². The van der Waals surface area contributed by atoms with E-state index >= 15 is 0 Å². The summed E-state index contributed by atoms with van der Waals surface area (Å²) in [5, 5.41) is 10.5. The number of benzene rings is 1. The van der Waals surface area contributed by atoms with Crippen molar-refractivity contribution >= 4 is 23.0 Å². The number of carbonyl (C=O) groups excluding carboxylic acids is 1. The van der Waals surface area contributed by atoms with E-state index in [2.05, 4.69) is 4.98 Å². The number of aromatic amines is 1. The maximum absolute atomic E-state index is 12.6. The number of carboxylic acid groups (broad SMARTS) is 1. The molecule has 1 aliphatic rings. The van der Waals surface area contributed by atoms with Gasteiger partial charge in [0, 0.05) is 22.7 Å². The summed E-state index contributed by atoms with van der Waals surface area (Å²) in [6.45, 7) is 5.33. The molecule has 2 atom stereocenters. The molecule has 0 spiro atoms. The van der Waals surface area contributed by atoms with Crippen LogP contribution in [0.1, 0.15) is 45.2 Å². The Morgan fingerprint density at radius 1 is 1.25 bits per heavy atom. The van der Waals surface area contributed by atoms with Crippen molar-refractivity contribution in [3.8, 4) is 0 Å². The van der Waals surface area contributed by atoms with Gasteiger partial charge in [-0.3, -0.25) is 4.90 Å². The summed E-state index contributed by atoms with van der Waals surface area (Å²) < 4.78 is 5.46. The molecule has 0 saturated carbocycles. The number of para-hydroxylation sites is 1. The van der Waals surface area contributed by atoms with Gasteiger partial charge in [-0.25, -0.2) is 9.59 Å². The van der Waals surface area contributed by atoms with Crippen molar-refractivity contribution in [2.75, 3.05) is 0 Å². The van der Waals surface area contributed by atoms with E-state index in [9.17, 15) is 14.7 Å². The van der Waals surface area contributed by atoms with Gasteiger partial charge in [-0.15, -0.1) is 0 Å². The number of hydrogen-bond donors (Lipinski definition) is 2. The fourth-order valence-electron chi connectivity index (χ4n) is 3.30. The number of nitrogens with one attached hydrogen (secondary N) is 1. The smallest absolute Gasteiger partial charge is 0.411 e. The minimum Gasteiger partial charge on any atom is -0.480 e. The second kappa shape index (κ2) is 5.85. The van der Waals surface area contributed by atoms with Crippen molar-refractivity contribution in [3.05, 3.63) is 36.0 Å². The van der Waals surface area contributed by atoms with Gasteiger partial charge in [-0.1, -0.05) is 18.2 Å². The topological polar surface area (TPSA) is 82.6 Å². The van der Waals surface area contributed by atoms with E-state index in [-0.39, 0.29) is 6.04 Å². The highest BCUT2D eigenvalue weighted by Gasteiger charge is 2.44. The van der Waals surface area contributed by atoms with Gasteiger partial charge < -0.3 is 14.8 Å². The lowest BCUT2D eigenvalue weighted by molar-refractivity contribution is -0.142. The number of carbonyl (C=O) groups is 2. The summed E-state index contributed by atoms with van der Waals surface area (Å²) in [5.41, 5.74) is 1.23. The Balaban J connectivity index is 1.99. The fourth-order valence-corrected chi connectivity index (χ4v) is 3.30. The van der Waals surface area contributed by atoms with Crippen LogP contribution in [0, 0.1) is 0 Å². The molecule has 128 valence electrons. The highest BCUT2D eigenvalue weighted by molar-refractivity contribution is 5.86. The van der Waals surface area contributed by atoms with Crippen LogP contribution < -0.4 is 0 Å². The van der Waals surface area contributed by atoms with Crippen molar-refractivity contribution in [1.82, 2.24) is 9.88 Å². The Kier molecular flexibility index (Phi) is 3.99. The largest absolute Gasteiger partial charge is 0.480 e. The Morgan fingerprint density at radius 3 is 2.62 bits per heavy atom. The van der Waals surface area contributed by atoms with Crippen LogP contribution in [-0.4, -0.2) is 38.7 Å². The first-order valence-electron chi connectivity index (χ1n) is 8.08. The predicted molar refractivity (Wildman–Crippen MR) is 89.8 cm³/mol. The number of hydrogen-bond acceptors (Lipinski definition) is 3. The molecule has 0 aliphatic carbocycles. The summed E-state index contributed by atoms with van der Waals surface area (Å²) in [6, 6.07) is 6.63. The van der Waals surface area contributed by atoms with E-state index in [4.69, 9.17) is 4.74 Å². The number of aromatic nitrogens is 1. The average Bonchev–Trinajstić information content (AvgIpc) is 3.09. The standard InChI is InChI=1S/C18H22N2O4/c1-18(2,3)24-17(23)20-14(8-9-15(20)16(21)22)12-10-19-13-7-5-4-6-11(12)13/h4-7,10,14-15,19H,8-9H2,1-3H3,(H,21,22)/t14-,15-/m0/s1. The maximum Gasteiger partial charge on any atom is 0.411 e. The zero-order chi connectivity index (χ0) is 17.5. The minimum absolute atomic E-state index is 0.308. The lowest BCUT2D eigenvalue weighted by atomic mass is 10.0. The third-order valence-electron chi connectivity index (χ3n) is 4.25. The number of nitrogens with zero attached hydrogens (tertiary/aromatic N) is 1. The number of ether oxygens (including phenoxy) is 1. The normalized spacial score (nSPS) is 21.2. The van der Waals surface area contributed by atoms with E-state index < -0.39 is 23.7 Å². The van der Waals surface area contributed by atoms with Crippen molar-refractivity contribution in [2.45, 2.75) is 51.3 Å². The highest BCUT2D eigenvalue weighted by atomic mass is 16.6. The highest BCUT2D eigenvalue weighted by Crippen LogP contribution is 2.40. The Labute approximate surface area is 140 Å². The van der Waals surface area contributed by atoms with Crippen molar-refractivity contribution < 1.29 is 19.4 Å². The Bertz CT molecular complexity index is 775. The molecule has 1 saturated heterocycles. The molecule has 2 N–H and O–H groups in total. The first kappa shape index (κ1) is 16.4. The molecule has 24 heavy (non-hydrogen) atoms. The number of fused-ring (bicyclic) bond motifs is 1. The van der Waals surface area contributed by atoms with Crippen LogP contribution >= 0.6 is 0 Å². The van der Waals surface area contributed by atoms with Crippen molar-refractivity contribution in [1.29, 1.82) is 0 Å². The van der Waals surface area contributed by atoms with E-state index in [0.717, 1.165) is 16.5 Å². The predicted octanol–water partition coefficient (Wildman–Crippen LogP) is 3.69. The first-order chi connectivity index (χ1) is 11.3. The maximum atomic E-state index is 12.6. The van der Waals surface area contributed by atoms with Crippen LogP contribution in [0.5, 0.6) is 0 Å². The second-order valence-electron chi connectivity index (χ2n) is 7.12. The summed E-state index contributed by atoms with van der Waals surface area (Å²) in [4.78, 5) is 28.8. The van der Waals surface area contributed by atoms with Crippen LogP contribution in [0.15, 0.2) is 30.5 Å². The second-order valence-corrected chi connectivity index (χ2v) is 7.12. The van der Waals surface area contributed by atoms with Gasteiger partial charge in [-0.2, -0.15) is 0 Å².